The lowest BCUT2D eigenvalue weighted by Gasteiger charge is -1.71. The molecule has 0 aliphatic rings. The molecule has 0 saturated carbocycles. The van der Waals surface area contributed by atoms with Gasteiger partial charge in [-0.2, -0.15) is 0 Å². The Morgan fingerprint density at radius 2 is 2.60 bits per heavy atom. The summed E-state index contributed by atoms with van der Waals surface area (Å²) in [5.74, 6) is 0. The van der Waals surface area contributed by atoms with Gasteiger partial charge in [0, 0.05) is 0 Å². The number of rotatable bonds is 2. The van der Waals surface area contributed by atoms with Crippen LogP contribution in [0, 0.1) is 0 Å². The first kappa shape index (κ1) is 4.69. The van der Waals surface area contributed by atoms with Crippen molar-refractivity contribution in [3.8, 4) is 0 Å². The van der Waals surface area contributed by atoms with Crippen LogP contribution in [0.5, 0.6) is 0 Å². The molecule has 28 valence electrons. The van der Waals surface area contributed by atoms with Gasteiger partial charge in [-0.1, -0.05) is 0 Å². The largest absolute Gasteiger partial charge is 0.355 e. The van der Waals surface area contributed by atoms with Crippen molar-refractivity contribution >= 4 is 13.6 Å². The third-order valence-electron chi connectivity index (χ3n) is 0.287. The van der Waals surface area contributed by atoms with Crippen molar-refractivity contribution in [1.82, 2.24) is 5.23 Å². The molecular formula is C2H6BNO. The predicted octanol–water partition coefficient (Wildman–Crippen LogP) is -1.25. The average molecular weight is 70.9 g/mol. The molecule has 0 heterocycles. The van der Waals surface area contributed by atoms with Gasteiger partial charge in [-0.25, -0.2) is 0 Å². The highest BCUT2D eigenvalue weighted by molar-refractivity contribution is 6.64. The van der Waals surface area contributed by atoms with Gasteiger partial charge in [-0.05, 0) is 7.05 Å². The minimum atomic E-state index is 0.458. The smallest absolute Gasteiger partial charge is 0.278 e. The second-order valence-electron chi connectivity index (χ2n) is 0.724. The molecular weight excluding hydrogens is 64.8 g/mol. The maximum Gasteiger partial charge on any atom is 0.278 e. The van der Waals surface area contributed by atoms with E-state index in [0.29, 0.717) is 7.41 Å². The van der Waals surface area contributed by atoms with Crippen LogP contribution in [0.25, 0.3) is 0 Å². The maximum absolute atomic E-state index is 9.34. The van der Waals surface area contributed by atoms with Gasteiger partial charge in [0.2, 0.25) is 0 Å². The fourth-order valence-corrected chi connectivity index (χ4v) is 0.0833. The first-order chi connectivity index (χ1) is 2.41. The minimum absolute atomic E-state index is 0.458. The van der Waals surface area contributed by atoms with Crippen LogP contribution < -0.4 is 5.23 Å². The normalized spacial score (nSPS) is 6.60. The quantitative estimate of drug-likeness (QED) is 0.325. The molecule has 0 unspecified atom stereocenters. The van der Waals surface area contributed by atoms with Gasteiger partial charge in [0.15, 0.2) is 0 Å². The zero-order valence-electron chi connectivity index (χ0n) is 3.19. The van der Waals surface area contributed by atoms with Crippen LogP contribution in [0.4, 0.5) is 0 Å². The first-order valence-electron chi connectivity index (χ1n) is 1.50. The fraction of sp³-hybridized carbons (Fsp3) is 0.500. The Bertz CT molecular complexity index is 30.8. The molecule has 2 nitrogen and oxygen atoms in total. The molecule has 5 heavy (non-hydrogen) atoms. The van der Waals surface area contributed by atoms with E-state index < -0.39 is 0 Å². The van der Waals surface area contributed by atoms with Gasteiger partial charge in [0.25, 0.3) is 7.41 Å². The molecule has 3 heteroatoms. The summed E-state index contributed by atoms with van der Waals surface area (Å²) in [6.45, 7) is 0. The van der Waals surface area contributed by atoms with Crippen LogP contribution in [0.3, 0.4) is 0 Å². The Morgan fingerprint density at radius 3 is 2.60 bits per heavy atom. The first-order valence-corrected chi connectivity index (χ1v) is 1.50. The molecule has 0 radical (unpaired) electrons. The zero-order chi connectivity index (χ0) is 4.12. The summed E-state index contributed by atoms with van der Waals surface area (Å²) in [4.78, 5) is 9.34. The molecule has 0 bridgehead atoms. The zero-order valence-corrected chi connectivity index (χ0v) is 3.19. The number of carbonyl (C=O) groups is 1. The molecule has 1 N–H and O–H groups in total. The van der Waals surface area contributed by atoms with Gasteiger partial charge in [-0.3, -0.25) is 0 Å². The predicted molar refractivity (Wildman–Crippen MR) is 23.0 cm³/mol. The van der Waals surface area contributed by atoms with Gasteiger partial charge in [0.05, 0.1) is 6.19 Å². The lowest BCUT2D eigenvalue weighted by atomic mass is 10.0. The van der Waals surface area contributed by atoms with Crippen LogP contribution in [-0.2, 0) is 4.79 Å². The summed E-state index contributed by atoms with van der Waals surface area (Å²) < 4.78 is 0. The lowest BCUT2D eigenvalue weighted by Crippen LogP contribution is -2.12. The van der Waals surface area contributed by atoms with Gasteiger partial charge >= 0.3 is 0 Å². The average Bonchev–Trinajstić information content (AvgIpc) is 1.41. The SMILES string of the molecule is CNBC=O. The number of carbonyl (C=O) groups excluding carboxylic acids is 1. The molecule has 0 aliphatic carbocycles. The van der Waals surface area contributed by atoms with Crippen LogP contribution in [-0.4, -0.2) is 20.6 Å². The fourth-order valence-electron chi connectivity index (χ4n) is 0.0833. The van der Waals surface area contributed by atoms with Crippen LogP contribution >= 0.6 is 0 Å². The van der Waals surface area contributed by atoms with E-state index in [1.807, 2.05) is 0 Å². The van der Waals surface area contributed by atoms with E-state index in [1.54, 1.807) is 7.05 Å². The summed E-state index contributed by atoms with van der Waals surface area (Å²) in [5.41, 5.74) is 0. The topological polar surface area (TPSA) is 29.1 Å². The standard InChI is InChI=1S/C2H6BNO/c1-4-3-2-5/h2-4H,1H3. The molecule has 0 saturated heterocycles. The monoisotopic (exact) mass is 71.1 g/mol. The van der Waals surface area contributed by atoms with Crippen molar-refractivity contribution in [1.29, 1.82) is 0 Å². The van der Waals surface area contributed by atoms with Crippen LogP contribution in [0.2, 0.25) is 0 Å². The Kier molecular flexibility index (Phi) is 3.47. The van der Waals surface area contributed by atoms with E-state index in [9.17, 15) is 4.79 Å². The Balaban J connectivity index is 2.40. The lowest BCUT2D eigenvalue weighted by molar-refractivity contribution is 0.568. The molecule has 0 rings (SSSR count). The molecule has 0 aliphatic heterocycles. The van der Waals surface area contributed by atoms with Gasteiger partial charge < -0.3 is 10.0 Å². The molecule has 0 aromatic carbocycles. The Morgan fingerprint density at radius 1 is 2.00 bits per heavy atom. The highest BCUT2D eigenvalue weighted by Gasteiger charge is 1.70. The highest BCUT2D eigenvalue weighted by Crippen LogP contribution is 1.26. The number of hydrogen-bond acceptors (Lipinski definition) is 2. The van der Waals surface area contributed by atoms with Crippen molar-refractivity contribution in [2.24, 2.45) is 0 Å². The Hall–Kier alpha value is -0.305. The van der Waals surface area contributed by atoms with Crippen molar-refractivity contribution in [2.75, 3.05) is 7.05 Å². The second kappa shape index (κ2) is 3.69. The highest BCUT2D eigenvalue weighted by atomic mass is 16.1. The van der Waals surface area contributed by atoms with Gasteiger partial charge in [-0.15, -0.1) is 0 Å². The van der Waals surface area contributed by atoms with E-state index in [0.717, 1.165) is 6.19 Å². The summed E-state index contributed by atoms with van der Waals surface area (Å²) in [6.07, 6.45) is 0.819. The molecule has 0 amide bonds. The molecule has 0 aromatic heterocycles. The summed E-state index contributed by atoms with van der Waals surface area (Å²) in [5, 5.41) is 2.65. The molecule has 0 fully saturated rings. The maximum atomic E-state index is 9.34. The second-order valence-corrected chi connectivity index (χ2v) is 0.724. The molecule has 0 spiro atoms. The van der Waals surface area contributed by atoms with Crippen molar-refractivity contribution in [2.45, 2.75) is 0 Å². The van der Waals surface area contributed by atoms with Crippen molar-refractivity contribution in [3.05, 3.63) is 0 Å². The summed E-state index contributed by atoms with van der Waals surface area (Å²) in [6, 6.07) is 0. The summed E-state index contributed by atoms with van der Waals surface area (Å²) >= 11 is 0. The van der Waals surface area contributed by atoms with Crippen molar-refractivity contribution in [3.63, 3.8) is 0 Å². The van der Waals surface area contributed by atoms with Gasteiger partial charge in [0.1, 0.15) is 0 Å². The van der Waals surface area contributed by atoms with E-state index >= 15 is 0 Å². The summed E-state index contributed by atoms with van der Waals surface area (Å²) in [7, 11) is 2.19. The third kappa shape index (κ3) is 3.69. The minimum Gasteiger partial charge on any atom is -0.355 e. The number of hydrogen-bond donors (Lipinski definition) is 1. The van der Waals surface area contributed by atoms with Crippen LogP contribution in [0.15, 0.2) is 0 Å². The van der Waals surface area contributed by atoms with Crippen molar-refractivity contribution < 1.29 is 4.79 Å². The molecule has 0 atom stereocenters. The third-order valence-corrected chi connectivity index (χ3v) is 0.287. The Labute approximate surface area is 31.8 Å². The number of nitrogens with one attached hydrogen (secondary N) is 1. The van der Waals surface area contributed by atoms with E-state index in [4.69, 9.17) is 0 Å². The van der Waals surface area contributed by atoms with E-state index in [1.165, 1.54) is 0 Å². The van der Waals surface area contributed by atoms with E-state index in [-0.39, 0.29) is 0 Å². The van der Waals surface area contributed by atoms with E-state index in [2.05, 4.69) is 5.23 Å². The molecule has 0 aromatic rings. The van der Waals surface area contributed by atoms with Crippen LogP contribution in [0.1, 0.15) is 0 Å².